The summed E-state index contributed by atoms with van der Waals surface area (Å²) in [6.45, 7) is 4.33. The van der Waals surface area contributed by atoms with Gasteiger partial charge in [0, 0.05) is 12.2 Å². The number of amides is 1. The summed E-state index contributed by atoms with van der Waals surface area (Å²) in [6, 6.07) is 5.40. The van der Waals surface area contributed by atoms with Crippen molar-refractivity contribution in [2.24, 2.45) is 5.92 Å². The molecule has 0 bridgehead atoms. The molecule has 2 nitrogen and oxygen atoms in total. The maximum atomic E-state index is 12.6. The van der Waals surface area contributed by atoms with E-state index in [-0.39, 0.29) is 6.54 Å². The first-order valence-corrected chi connectivity index (χ1v) is 6.79. The number of anilines is 1. The molecule has 2 rings (SSSR count). The average Bonchev–Trinajstić information content (AvgIpc) is 2.35. The highest BCUT2D eigenvalue weighted by atomic mass is 19.4. The fourth-order valence-electron chi connectivity index (χ4n) is 2.61. The average molecular weight is 285 g/mol. The number of fused-ring (bicyclic) bond motifs is 1. The number of carbonyl (C=O) groups excluding carboxylic acids is 1. The zero-order chi connectivity index (χ0) is 14.9. The van der Waals surface area contributed by atoms with Gasteiger partial charge in [0.2, 0.25) is 0 Å². The Bertz CT molecular complexity index is 508. The third-order valence-corrected chi connectivity index (χ3v) is 3.39. The predicted octanol–water partition coefficient (Wildman–Crippen LogP) is 3.73. The third kappa shape index (κ3) is 3.14. The van der Waals surface area contributed by atoms with Crippen LogP contribution in [0.25, 0.3) is 0 Å². The van der Waals surface area contributed by atoms with Crippen molar-refractivity contribution >= 4 is 11.6 Å². The molecule has 1 heterocycles. The van der Waals surface area contributed by atoms with Crippen molar-refractivity contribution in [3.8, 4) is 0 Å². The molecule has 1 aliphatic rings. The summed E-state index contributed by atoms with van der Waals surface area (Å²) in [7, 11) is 0. The van der Waals surface area contributed by atoms with Crippen LogP contribution in [0.1, 0.15) is 31.4 Å². The lowest BCUT2D eigenvalue weighted by molar-refractivity contribution is -0.170. The largest absolute Gasteiger partial charge is 0.471 e. The Morgan fingerprint density at radius 3 is 2.65 bits per heavy atom. The Kier molecular flexibility index (Phi) is 4.06. The molecule has 0 fully saturated rings. The summed E-state index contributed by atoms with van der Waals surface area (Å²) >= 11 is 0. The van der Waals surface area contributed by atoms with Gasteiger partial charge in [-0.05, 0) is 42.4 Å². The molecule has 0 saturated heterocycles. The standard InChI is InChI=1S/C15H18F3NO/c1-10(2)8-11-5-6-13-12(9-11)4-3-7-19(13)14(20)15(16,17)18/h5-6,9-10H,3-4,7-8H2,1-2H3. The first-order chi connectivity index (χ1) is 9.29. The van der Waals surface area contributed by atoms with Crippen LogP contribution in [-0.2, 0) is 17.6 Å². The number of carbonyl (C=O) groups is 1. The van der Waals surface area contributed by atoms with Crippen molar-refractivity contribution in [1.82, 2.24) is 0 Å². The van der Waals surface area contributed by atoms with Crippen molar-refractivity contribution in [3.05, 3.63) is 29.3 Å². The normalized spacial score (nSPS) is 15.4. The minimum Gasteiger partial charge on any atom is -0.304 e. The number of benzene rings is 1. The molecule has 0 saturated carbocycles. The van der Waals surface area contributed by atoms with Gasteiger partial charge in [0.25, 0.3) is 0 Å². The van der Waals surface area contributed by atoms with Crippen LogP contribution in [0.2, 0.25) is 0 Å². The molecule has 1 aromatic rings. The van der Waals surface area contributed by atoms with Crippen LogP contribution in [0.15, 0.2) is 18.2 Å². The van der Waals surface area contributed by atoms with Crippen LogP contribution in [0.5, 0.6) is 0 Å². The summed E-state index contributed by atoms with van der Waals surface area (Å²) in [6.07, 6.45) is -2.63. The van der Waals surface area contributed by atoms with Crippen molar-refractivity contribution in [2.75, 3.05) is 11.4 Å². The van der Waals surface area contributed by atoms with Crippen LogP contribution in [0.4, 0.5) is 18.9 Å². The van der Waals surface area contributed by atoms with Crippen LogP contribution < -0.4 is 4.90 Å². The molecule has 1 aromatic carbocycles. The molecule has 0 radical (unpaired) electrons. The molecule has 20 heavy (non-hydrogen) atoms. The van der Waals surface area contributed by atoms with E-state index in [1.54, 1.807) is 6.07 Å². The van der Waals surface area contributed by atoms with E-state index in [1.165, 1.54) is 0 Å². The van der Waals surface area contributed by atoms with Gasteiger partial charge in [-0.1, -0.05) is 26.0 Å². The molecule has 0 unspecified atom stereocenters. The van der Waals surface area contributed by atoms with Crippen molar-refractivity contribution in [3.63, 3.8) is 0 Å². The fraction of sp³-hybridized carbons (Fsp3) is 0.533. The SMILES string of the molecule is CC(C)Cc1ccc2c(c1)CCCN2C(=O)C(F)(F)F. The van der Waals surface area contributed by atoms with E-state index < -0.39 is 12.1 Å². The van der Waals surface area contributed by atoms with Gasteiger partial charge in [0.15, 0.2) is 0 Å². The Morgan fingerprint density at radius 2 is 2.05 bits per heavy atom. The number of hydrogen-bond donors (Lipinski definition) is 0. The quantitative estimate of drug-likeness (QED) is 0.811. The summed E-state index contributed by atoms with van der Waals surface area (Å²) in [5, 5.41) is 0. The molecule has 0 N–H and O–H groups in total. The smallest absolute Gasteiger partial charge is 0.304 e. The van der Waals surface area contributed by atoms with Gasteiger partial charge >= 0.3 is 12.1 Å². The van der Waals surface area contributed by atoms with Crippen LogP contribution in [0, 0.1) is 5.92 Å². The van der Waals surface area contributed by atoms with Gasteiger partial charge in [-0.3, -0.25) is 4.79 Å². The van der Waals surface area contributed by atoms with E-state index in [0.717, 1.165) is 28.9 Å². The van der Waals surface area contributed by atoms with Gasteiger partial charge in [-0.15, -0.1) is 0 Å². The van der Waals surface area contributed by atoms with E-state index in [4.69, 9.17) is 0 Å². The Labute approximate surface area is 116 Å². The maximum Gasteiger partial charge on any atom is 0.471 e. The van der Waals surface area contributed by atoms with E-state index in [0.29, 0.717) is 18.0 Å². The lowest BCUT2D eigenvalue weighted by Crippen LogP contribution is -2.43. The minimum absolute atomic E-state index is 0.134. The van der Waals surface area contributed by atoms with E-state index in [2.05, 4.69) is 13.8 Å². The molecule has 1 amide bonds. The molecule has 0 aliphatic carbocycles. The first kappa shape index (κ1) is 14.9. The molecule has 0 atom stereocenters. The van der Waals surface area contributed by atoms with Crippen LogP contribution in [0.3, 0.4) is 0 Å². The summed E-state index contributed by atoms with van der Waals surface area (Å²) < 4.78 is 37.8. The number of alkyl halides is 3. The predicted molar refractivity (Wildman–Crippen MR) is 71.7 cm³/mol. The highest BCUT2D eigenvalue weighted by Gasteiger charge is 2.43. The van der Waals surface area contributed by atoms with Crippen LogP contribution in [-0.4, -0.2) is 18.6 Å². The van der Waals surface area contributed by atoms with Gasteiger partial charge in [0.05, 0.1) is 0 Å². The zero-order valence-electron chi connectivity index (χ0n) is 11.6. The van der Waals surface area contributed by atoms with Crippen LogP contribution >= 0.6 is 0 Å². The number of rotatable bonds is 2. The Hall–Kier alpha value is -1.52. The molecule has 5 heteroatoms. The van der Waals surface area contributed by atoms with E-state index in [1.807, 2.05) is 12.1 Å². The molecular formula is C15H18F3NO. The summed E-state index contributed by atoms with van der Waals surface area (Å²) in [5.41, 5.74) is 2.36. The number of halogens is 3. The maximum absolute atomic E-state index is 12.6. The van der Waals surface area contributed by atoms with E-state index in [9.17, 15) is 18.0 Å². The summed E-state index contributed by atoms with van der Waals surface area (Å²) in [4.78, 5) is 12.3. The molecule has 0 aromatic heterocycles. The highest BCUT2D eigenvalue weighted by molar-refractivity contribution is 5.98. The number of nitrogens with zero attached hydrogens (tertiary/aromatic N) is 1. The van der Waals surface area contributed by atoms with Crippen molar-refractivity contribution in [2.45, 2.75) is 39.3 Å². The number of hydrogen-bond acceptors (Lipinski definition) is 1. The summed E-state index contributed by atoms with van der Waals surface area (Å²) in [5.74, 6) is -1.28. The fourth-order valence-corrected chi connectivity index (χ4v) is 2.61. The molecule has 1 aliphatic heterocycles. The highest BCUT2D eigenvalue weighted by Crippen LogP contribution is 2.32. The van der Waals surface area contributed by atoms with E-state index >= 15 is 0 Å². The third-order valence-electron chi connectivity index (χ3n) is 3.39. The van der Waals surface area contributed by atoms with Gasteiger partial charge in [-0.2, -0.15) is 13.2 Å². The lowest BCUT2D eigenvalue weighted by atomic mass is 9.95. The zero-order valence-corrected chi connectivity index (χ0v) is 11.6. The Balaban J connectivity index is 2.30. The second-order valence-electron chi connectivity index (χ2n) is 5.62. The first-order valence-electron chi connectivity index (χ1n) is 6.79. The monoisotopic (exact) mass is 285 g/mol. The minimum atomic E-state index is -4.81. The van der Waals surface area contributed by atoms with Crippen molar-refractivity contribution in [1.29, 1.82) is 0 Å². The molecular weight excluding hydrogens is 267 g/mol. The number of aryl methyl sites for hydroxylation is 1. The van der Waals surface area contributed by atoms with Crippen molar-refractivity contribution < 1.29 is 18.0 Å². The van der Waals surface area contributed by atoms with Gasteiger partial charge < -0.3 is 4.90 Å². The topological polar surface area (TPSA) is 20.3 Å². The van der Waals surface area contributed by atoms with Gasteiger partial charge in [0.1, 0.15) is 0 Å². The van der Waals surface area contributed by atoms with Gasteiger partial charge in [-0.25, -0.2) is 0 Å². The Morgan fingerprint density at radius 1 is 1.35 bits per heavy atom. The second-order valence-corrected chi connectivity index (χ2v) is 5.62. The molecule has 110 valence electrons. The second kappa shape index (κ2) is 5.46. The molecule has 0 spiro atoms. The lowest BCUT2D eigenvalue weighted by Gasteiger charge is -2.30.